The van der Waals surface area contributed by atoms with E-state index in [1.807, 2.05) is 60.7 Å². The minimum absolute atomic E-state index is 0.222. The second-order valence-corrected chi connectivity index (χ2v) is 10.7. The Morgan fingerprint density at radius 1 is 0.786 bits per heavy atom. The number of fused-ring (bicyclic) bond motifs is 1. The van der Waals surface area contributed by atoms with Gasteiger partial charge in [0.25, 0.3) is 11.8 Å². The van der Waals surface area contributed by atoms with Crippen molar-refractivity contribution >= 4 is 28.4 Å². The first-order valence-corrected chi connectivity index (χ1v) is 14.6. The molecule has 0 radical (unpaired) electrons. The topological polar surface area (TPSA) is 87.7 Å². The molecule has 0 spiro atoms. The molecule has 1 aliphatic rings. The monoisotopic (exact) mass is 563 g/mol. The first kappa shape index (κ1) is 29.2. The van der Waals surface area contributed by atoms with Crippen molar-refractivity contribution in [2.75, 3.05) is 39.4 Å². The normalized spacial score (nSPS) is 14.3. The molecule has 1 saturated heterocycles. The minimum atomic E-state index is -0.993. The van der Waals surface area contributed by atoms with Crippen LogP contribution in [0.3, 0.4) is 0 Å². The Morgan fingerprint density at radius 2 is 1.50 bits per heavy atom. The minimum Gasteiger partial charge on any atom is -0.379 e. The zero-order valence-electron chi connectivity index (χ0n) is 23.8. The lowest BCUT2D eigenvalue weighted by Crippen LogP contribution is -2.49. The van der Waals surface area contributed by atoms with Crippen molar-refractivity contribution in [3.8, 4) is 0 Å². The number of nitrogens with one attached hydrogen (secondary N) is 2. The summed E-state index contributed by atoms with van der Waals surface area (Å²) in [5.41, 5.74) is 3.29. The molecule has 0 unspecified atom stereocenters. The van der Waals surface area contributed by atoms with E-state index in [0.29, 0.717) is 18.5 Å². The molecule has 1 heterocycles. The Balaban J connectivity index is 1.27. The van der Waals surface area contributed by atoms with E-state index in [-0.39, 0.29) is 12.3 Å². The van der Waals surface area contributed by atoms with Crippen LogP contribution in [0.15, 0.2) is 97.1 Å². The van der Waals surface area contributed by atoms with Gasteiger partial charge in [0, 0.05) is 31.6 Å². The van der Waals surface area contributed by atoms with Gasteiger partial charge in [-0.3, -0.25) is 19.3 Å². The zero-order chi connectivity index (χ0) is 29.1. The molecule has 7 heteroatoms. The van der Waals surface area contributed by atoms with Gasteiger partial charge in [-0.2, -0.15) is 0 Å². The zero-order valence-corrected chi connectivity index (χ0v) is 23.8. The van der Waals surface area contributed by atoms with E-state index in [2.05, 4.69) is 45.9 Å². The van der Waals surface area contributed by atoms with Gasteiger partial charge in [-0.05, 0) is 52.9 Å². The summed E-state index contributed by atoms with van der Waals surface area (Å²) in [7, 11) is 0. The number of ether oxygens (including phenoxy) is 1. The van der Waals surface area contributed by atoms with Gasteiger partial charge in [0.05, 0.1) is 13.2 Å². The summed E-state index contributed by atoms with van der Waals surface area (Å²) in [6.45, 7) is 4.41. The van der Waals surface area contributed by atoms with Crippen molar-refractivity contribution in [1.29, 1.82) is 0 Å². The number of morpholine rings is 1. The highest BCUT2D eigenvalue weighted by Gasteiger charge is 2.28. The van der Waals surface area contributed by atoms with Crippen LogP contribution in [0.25, 0.3) is 10.8 Å². The quantitative estimate of drug-likeness (QED) is 0.200. The van der Waals surface area contributed by atoms with Crippen molar-refractivity contribution < 1.29 is 19.1 Å². The number of carbonyl (C=O) groups is 3. The van der Waals surface area contributed by atoms with Crippen molar-refractivity contribution in [3.05, 3.63) is 119 Å². The summed E-state index contributed by atoms with van der Waals surface area (Å²) < 4.78 is 5.38. The van der Waals surface area contributed by atoms with Gasteiger partial charge in [0.15, 0.2) is 0 Å². The molecule has 5 rings (SSSR count). The fourth-order valence-corrected chi connectivity index (χ4v) is 5.33. The number of carbonyl (C=O) groups excluding carboxylic acids is 3. The SMILES string of the molecule is O=C(NCCCN1CCOCC1)C(=O)[C@H](Cc1ccccc1)NC(=O)c1ccccc1Cc1ccc2ccccc2c1. The van der Waals surface area contributed by atoms with E-state index in [4.69, 9.17) is 4.74 Å². The van der Waals surface area contributed by atoms with Crippen LogP contribution in [-0.2, 0) is 27.2 Å². The molecule has 4 aromatic rings. The average Bonchev–Trinajstić information content (AvgIpc) is 3.03. The molecular weight excluding hydrogens is 526 g/mol. The maximum atomic E-state index is 13.6. The third-order valence-corrected chi connectivity index (χ3v) is 7.64. The Kier molecular flexibility index (Phi) is 10.1. The number of amides is 2. The Bertz CT molecular complexity index is 1520. The highest BCUT2D eigenvalue weighted by Crippen LogP contribution is 2.20. The highest BCUT2D eigenvalue weighted by molar-refractivity contribution is 6.38. The fraction of sp³-hybridized carbons (Fsp3) is 0.286. The summed E-state index contributed by atoms with van der Waals surface area (Å²) >= 11 is 0. The number of nitrogens with zero attached hydrogens (tertiary/aromatic N) is 1. The number of hydrogen-bond acceptors (Lipinski definition) is 5. The van der Waals surface area contributed by atoms with E-state index in [9.17, 15) is 14.4 Å². The summed E-state index contributed by atoms with van der Waals surface area (Å²) in [6, 6.07) is 30.3. The van der Waals surface area contributed by atoms with Gasteiger partial charge >= 0.3 is 0 Å². The van der Waals surface area contributed by atoms with Crippen molar-refractivity contribution in [2.24, 2.45) is 0 Å². The smallest absolute Gasteiger partial charge is 0.289 e. The molecule has 0 aliphatic carbocycles. The second kappa shape index (κ2) is 14.5. The van der Waals surface area contributed by atoms with Gasteiger partial charge in [-0.15, -0.1) is 0 Å². The standard InChI is InChI=1S/C35H37N3O4/c39-33(35(41)36-17-8-18-38-19-21-42-22-20-38)32(25-26-9-2-1-3-10-26)37-34(40)31-14-7-6-13-30(31)24-27-15-16-28-11-4-5-12-29(28)23-27/h1-7,9-16,23,32H,8,17-22,24-25H2,(H,36,41)(H,37,40)/t32-/m0/s1. The Hall–Kier alpha value is -4.33. The molecule has 7 nitrogen and oxygen atoms in total. The van der Waals surface area contributed by atoms with Crippen LogP contribution in [0.5, 0.6) is 0 Å². The highest BCUT2D eigenvalue weighted by atomic mass is 16.5. The van der Waals surface area contributed by atoms with Crippen LogP contribution in [-0.4, -0.2) is 67.9 Å². The molecule has 0 aromatic heterocycles. The van der Waals surface area contributed by atoms with E-state index < -0.39 is 17.7 Å². The molecule has 2 N–H and O–H groups in total. The van der Waals surface area contributed by atoms with Crippen LogP contribution in [0.2, 0.25) is 0 Å². The summed E-state index contributed by atoms with van der Waals surface area (Å²) in [5.74, 6) is -1.70. The second-order valence-electron chi connectivity index (χ2n) is 10.7. The maximum absolute atomic E-state index is 13.6. The van der Waals surface area contributed by atoms with Gasteiger partial charge in [0.1, 0.15) is 6.04 Å². The summed E-state index contributed by atoms with van der Waals surface area (Å²) in [4.78, 5) is 42.2. The first-order valence-electron chi connectivity index (χ1n) is 14.6. The Labute approximate surface area is 246 Å². The fourth-order valence-electron chi connectivity index (χ4n) is 5.33. The number of hydrogen-bond donors (Lipinski definition) is 2. The van der Waals surface area contributed by atoms with E-state index in [1.165, 1.54) is 0 Å². The lowest BCUT2D eigenvalue weighted by Gasteiger charge is -2.26. The average molecular weight is 564 g/mol. The molecule has 4 aromatic carbocycles. The number of ketones is 1. The van der Waals surface area contributed by atoms with Gasteiger partial charge in [0.2, 0.25) is 5.78 Å². The maximum Gasteiger partial charge on any atom is 0.289 e. The summed E-state index contributed by atoms with van der Waals surface area (Å²) in [6.07, 6.45) is 1.52. The van der Waals surface area contributed by atoms with Crippen LogP contribution in [0.1, 0.15) is 33.5 Å². The van der Waals surface area contributed by atoms with Gasteiger partial charge < -0.3 is 15.4 Å². The third-order valence-electron chi connectivity index (χ3n) is 7.64. The molecule has 1 aliphatic heterocycles. The number of rotatable bonds is 12. The molecule has 0 saturated carbocycles. The molecular formula is C35H37N3O4. The van der Waals surface area contributed by atoms with E-state index in [1.54, 1.807) is 6.07 Å². The molecule has 2 amide bonds. The molecule has 0 bridgehead atoms. The number of benzene rings is 4. The van der Waals surface area contributed by atoms with Crippen LogP contribution in [0, 0.1) is 0 Å². The van der Waals surface area contributed by atoms with Crippen molar-refractivity contribution in [1.82, 2.24) is 15.5 Å². The molecule has 1 atom stereocenters. The van der Waals surface area contributed by atoms with E-state index in [0.717, 1.165) is 66.7 Å². The van der Waals surface area contributed by atoms with E-state index >= 15 is 0 Å². The Morgan fingerprint density at radius 3 is 2.31 bits per heavy atom. The van der Waals surface area contributed by atoms with Crippen molar-refractivity contribution in [2.45, 2.75) is 25.3 Å². The third kappa shape index (κ3) is 7.90. The van der Waals surface area contributed by atoms with Crippen LogP contribution < -0.4 is 10.6 Å². The predicted octanol–water partition coefficient (Wildman–Crippen LogP) is 4.18. The first-order chi connectivity index (χ1) is 20.6. The van der Waals surface area contributed by atoms with Crippen LogP contribution >= 0.6 is 0 Å². The lowest BCUT2D eigenvalue weighted by atomic mass is 9.96. The summed E-state index contributed by atoms with van der Waals surface area (Å²) in [5, 5.41) is 7.95. The molecule has 42 heavy (non-hydrogen) atoms. The largest absolute Gasteiger partial charge is 0.379 e. The number of Topliss-reactive ketones (excluding diaryl/α,β-unsaturated/α-hetero) is 1. The molecule has 1 fully saturated rings. The van der Waals surface area contributed by atoms with Crippen molar-refractivity contribution in [3.63, 3.8) is 0 Å². The molecule has 216 valence electrons. The predicted molar refractivity (Wildman–Crippen MR) is 164 cm³/mol. The van der Waals surface area contributed by atoms with Gasteiger partial charge in [-0.25, -0.2) is 0 Å². The lowest BCUT2D eigenvalue weighted by molar-refractivity contribution is -0.139. The van der Waals surface area contributed by atoms with Gasteiger partial charge in [-0.1, -0.05) is 91.0 Å². The van der Waals surface area contributed by atoms with Crippen LogP contribution in [0.4, 0.5) is 0 Å².